The molecule has 2 aromatic rings. The van der Waals surface area contributed by atoms with Crippen LogP contribution in [0.1, 0.15) is 190 Å². The van der Waals surface area contributed by atoms with Crippen LogP contribution in [0.3, 0.4) is 0 Å². The fraction of sp³-hybridized carbons (Fsp3) is 0.609. The van der Waals surface area contributed by atoms with Gasteiger partial charge in [-0.2, -0.15) is 0 Å². The Labute approximate surface area is 319 Å². The smallest absolute Gasteiger partial charge is 0.358 e. The molecule has 2 aromatic carbocycles. The molecule has 0 amide bonds. The Morgan fingerprint density at radius 1 is 0.510 bits per heavy atom. The van der Waals surface area contributed by atoms with Crippen molar-refractivity contribution in [2.24, 2.45) is 0 Å². The zero-order valence-corrected chi connectivity index (χ0v) is 34.8. The van der Waals surface area contributed by atoms with Crippen molar-refractivity contribution in [3.8, 4) is 0 Å². The summed E-state index contributed by atoms with van der Waals surface area (Å²) in [6.45, 7) is 13.7. The molecule has 0 saturated heterocycles. The second kappa shape index (κ2) is 30.8. The summed E-state index contributed by atoms with van der Waals surface area (Å²) >= 11 is 0. The largest absolute Gasteiger partial charge is 2.00 e. The van der Waals surface area contributed by atoms with Crippen LogP contribution in [0.25, 0.3) is 11.1 Å². The summed E-state index contributed by atoms with van der Waals surface area (Å²) in [5.41, 5.74) is 22.1. The molecule has 0 saturated carbocycles. The zero-order chi connectivity index (χ0) is 33.4. The Morgan fingerprint density at radius 2 is 0.878 bits per heavy atom. The maximum atomic E-state index is 9.77. The molecule has 2 nitrogen and oxygen atoms in total. The van der Waals surface area contributed by atoms with Gasteiger partial charge in [-0.3, -0.25) is 0 Å². The van der Waals surface area contributed by atoms with E-state index in [-0.39, 0.29) is 35.3 Å². The van der Waals surface area contributed by atoms with Crippen LogP contribution in [-0.2, 0) is 46.1 Å². The fourth-order valence-corrected chi connectivity index (χ4v) is 6.76. The number of hydrogen-bond acceptors (Lipinski definition) is 0. The van der Waals surface area contributed by atoms with Gasteiger partial charge >= 0.3 is 26.3 Å². The van der Waals surface area contributed by atoms with Crippen LogP contribution in [0.5, 0.6) is 0 Å². The quantitative estimate of drug-likeness (QED) is 0.0184. The molecule has 0 radical (unpaired) electrons. The van der Waals surface area contributed by atoms with Crippen LogP contribution in [0, 0.1) is 14.9 Å². The van der Waals surface area contributed by atoms with Crippen LogP contribution >= 0.6 is 0 Å². The average Bonchev–Trinajstić information content (AvgIpc) is 3.07. The minimum absolute atomic E-state index is 0. The third-order valence-electron chi connectivity index (χ3n) is 9.44. The Hall–Kier alpha value is -2.00. The summed E-state index contributed by atoms with van der Waals surface area (Å²) in [7, 11) is 0. The van der Waals surface area contributed by atoms with E-state index in [1.54, 1.807) is 0 Å². The molecule has 49 heavy (non-hydrogen) atoms. The molecule has 3 heteroatoms. The Morgan fingerprint density at radius 3 is 1.22 bits per heavy atom. The topological polar surface area (TPSA) is 36.4 Å². The van der Waals surface area contributed by atoms with E-state index in [0.717, 1.165) is 50.5 Å². The molecule has 2 rings (SSSR count). The molecule has 0 aromatic heterocycles. The van der Waals surface area contributed by atoms with Gasteiger partial charge in [-0.25, -0.2) is 0 Å². The van der Waals surface area contributed by atoms with Crippen molar-refractivity contribution in [1.82, 2.24) is 0 Å². The van der Waals surface area contributed by atoms with Gasteiger partial charge in [-0.1, -0.05) is 149 Å². The van der Waals surface area contributed by atoms with Crippen molar-refractivity contribution in [1.29, 1.82) is 0 Å². The SMILES string of the molecule is CCCCCCC(C(=C=[N+]=[N-])CC)=C(c1cc(CCCC)cc(CCCC)c1)c1cc(CCCCCC)cc(CCCCCC)c1.[CH3-].[CH3-].[Pd+2]. The molecule has 0 spiro atoms. The first-order chi connectivity index (χ1) is 22.5. The van der Waals surface area contributed by atoms with E-state index in [1.165, 1.54) is 141 Å². The monoisotopic (exact) mass is 760 g/mol. The summed E-state index contributed by atoms with van der Waals surface area (Å²) in [6, 6.07) is 15.0. The molecular formula is C46H74N2Pd. The van der Waals surface area contributed by atoms with E-state index in [2.05, 4.69) is 88.6 Å². The molecule has 0 N–H and O–H groups in total. The van der Waals surface area contributed by atoms with Gasteiger partial charge in [0, 0.05) is 0 Å². The van der Waals surface area contributed by atoms with Crippen LogP contribution in [-0.4, -0.2) is 10.7 Å². The first-order valence-corrected chi connectivity index (χ1v) is 19.5. The van der Waals surface area contributed by atoms with Crippen molar-refractivity contribution in [3.05, 3.63) is 101 Å². The Balaban J connectivity index is 0. The molecule has 0 bridgehead atoms. The van der Waals surface area contributed by atoms with Crippen LogP contribution < -0.4 is 0 Å². The van der Waals surface area contributed by atoms with Gasteiger partial charge in [-0.05, 0) is 115 Å². The first kappa shape index (κ1) is 49.1. The normalized spacial score (nSPS) is 11.0. The summed E-state index contributed by atoms with van der Waals surface area (Å²) in [5.74, 6) is 3.06. The summed E-state index contributed by atoms with van der Waals surface area (Å²) in [6.07, 6.45) is 26.3. The molecule has 0 heterocycles. The van der Waals surface area contributed by atoms with Gasteiger partial charge in [0.15, 0.2) is 0 Å². The van der Waals surface area contributed by atoms with E-state index in [4.69, 9.17) is 0 Å². The van der Waals surface area contributed by atoms with Crippen molar-refractivity contribution >= 4 is 11.4 Å². The van der Waals surface area contributed by atoms with Gasteiger partial charge < -0.3 is 20.4 Å². The second-order valence-corrected chi connectivity index (χ2v) is 13.6. The molecular weight excluding hydrogens is 687 g/mol. The Kier molecular flexibility index (Phi) is 30.9. The molecule has 0 aliphatic rings. The number of rotatable bonds is 25. The molecule has 0 aliphatic heterocycles. The van der Waals surface area contributed by atoms with E-state index in [9.17, 15) is 5.53 Å². The minimum Gasteiger partial charge on any atom is -0.358 e. The standard InChI is InChI=1S/C44H68N2.2CH3.Pd/c1-7-13-18-21-26-38-30-39(27-22-19-14-8-2)34-42(33-38)44(43(28-23-20-15-9-3)40(12-6)35-46-45)41-31-36(24-16-10-4)29-37(32-41)25-17-11-5;;;/h29-34H,7-28H2,1-6H3;2*1H3;/q;2*-1;+2. The fourth-order valence-electron chi connectivity index (χ4n) is 6.76. The van der Waals surface area contributed by atoms with Crippen molar-refractivity contribution in [2.45, 2.75) is 183 Å². The van der Waals surface area contributed by atoms with Crippen molar-refractivity contribution < 1.29 is 25.2 Å². The maximum absolute atomic E-state index is 9.77. The molecule has 0 aliphatic carbocycles. The summed E-state index contributed by atoms with van der Waals surface area (Å²) < 4.78 is 0. The van der Waals surface area contributed by atoms with Crippen LogP contribution in [0.2, 0.25) is 0 Å². The van der Waals surface area contributed by atoms with E-state index < -0.39 is 0 Å². The van der Waals surface area contributed by atoms with E-state index >= 15 is 0 Å². The summed E-state index contributed by atoms with van der Waals surface area (Å²) in [5, 5.41) is 0. The number of benzene rings is 2. The number of aryl methyl sites for hydroxylation is 4. The third-order valence-corrected chi connectivity index (χ3v) is 9.44. The van der Waals surface area contributed by atoms with Crippen molar-refractivity contribution in [3.63, 3.8) is 0 Å². The number of allylic oxidation sites excluding steroid dienone is 2. The van der Waals surface area contributed by atoms with Gasteiger partial charge in [-0.15, -0.1) is 4.79 Å². The van der Waals surface area contributed by atoms with Gasteiger partial charge in [0.1, 0.15) is 0 Å². The number of nitrogens with zero attached hydrogens (tertiary/aromatic N) is 2. The molecule has 0 atom stereocenters. The predicted molar refractivity (Wildman–Crippen MR) is 216 cm³/mol. The zero-order valence-electron chi connectivity index (χ0n) is 33.2. The van der Waals surface area contributed by atoms with Crippen molar-refractivity contribution in [2.75, 3.05) is 0 Å². The van der Waals surface area contributed by atoms with Gasteiger partial charge in [0.05, 0.1) is 5.57 Å². The van der Waals surface area contributed by atoms with Crippen LogP contribution in [0.15, 0.2) is 47.5 Å². The minimum atomic E-state index is 0. The summed E-state index contributed by atoms with van der Waals surface area (Å²) in [4.78, 5) is 3.49. The van der Waals surface area contributed by atoms with Crippen LogP contribution in [0.4, 0.5) is 0 Å². The third kappa shape index (κ3) is 18.7. The first-order valence-electron chi connectivity index (χ1n) is 19.5. The van der Waals surface area contributed by atoms with E-state index in [1.807, 2.05) is 0 Å². The van der Waals surface area contributed by atoms with E-state index in [0.29, 0.717) is 0 Å². The predicted octanol–water partition coefficient (Wildman–Crippen LogP) is 14.5. The number of hydrogen-bond donors (Lipinski definition) is 0. The van der Waals surface area contributed by atoms with Gasteiger partial charge in [0.2, 0.25) is 0 Å². The molecule has 278 valence electrons. The second-order valence-electron chi connectivity index (χ2n) is 13.6. The average molecular weight is 762 g/mol. The van der Waals surface area contributed by atoms with Gasteiger partial charge in [0.25, 0.3) is 0 Å². The molecule has 0 unspecified atom stereocenters. The molecule has 0 fully saturated rings. The maximum Gasteiger partial charge on any atom is 2.00 e. The Bertz CT molecular complexity index is 1200. The number of unbranched alkanes of at least 4 members (excludes halogenated alkanes) is 11.